The van der Waals surface area contributed by atoms with Crippen LogP contribution in [-0.2, 0) is 10.4 Å². The monoisotopic (exact) mass is 433 g/mol. The second kappa shape index (κ2) is 11.9. The average molecular weight is 434 g/mol. The first-order valence-corrected chi connectivity index (χ1v) is 11.9. The van der Waals surface area contributed by atoms with Crippen LogP contribution >= 0.6 is 0 Å². The van der Waals surface area contributed by atoms with Crippen LogP contribution in [0.25, 0.3) is 0 Å². The first-order chi connectivity index (χ1) is 14.3. The minimum Gasteiger partial charge on any atom is -0.386 e. The maximum atomic E-state index is 13.9. The molecule has 2 aliphatic carbocycles. The van der Waals surface area contributed by atoms with E-state index in [1.807, 2.05) is 20.8 Å². The molecule has 1 aromatic rings. The number of hydrogen-bond acceptors (Lipinski definition) is 3. The minimum absolute atomic E-state index is 0.373. The van der Waals surface area contributed by atoms with Gasteiger partial charge in [-0.2, -0.15) is 0 Å². The molecule has 2 saturated carbocycles. The number of aliphatic hydroxyl groups is 1. The van der Waals surface area contributed by atoms with Gasteiger partial charge in [-0.1, -0.05) is 53.0 Å². The maximum absolute atomic E-state index is 13.9. The molecule has 0 unspecified atom stereocenters. The molecule has 31 heavy (non-hydrogen) atoms. The van der Waals surface area contributed by atoms with Crippen molar-refractivity contribution in [1.82, 2.24) is 0 Å². The van der Waals surface area contributed by atoms with Gasteiger partial charge >= 0.3 is 0 Å². The fourth-order valence-corrected chi connectivity index (χ4v) is 3.10. The Hall–Kier alpha value is -1.55. The molecular formula is C27H44FNO2. The molecule has 0 aliphatic heterocycles. The van der Waals surface area contributed by atoms with E-state index in [1.165, 1.54) is 38.2 Å². The summed E-state index contributed by atoms with van der Waals surface area (Å²) >= 11 is 0. The van der Waals surface area contributed by atoms with Gasteiger partial charge in [-0.05, 0) is 75.5 Å². The number of Topliss-reactive ketones (excluding diaryl/α,β-unsaturated/α-hetero) is 1. The van der Waals surface area contributed by atoms with Crippen molar-refractivity contribution < 1.29 is 14.3 Å². The Bertz CT molecular complexity index is 730. The van der Waals surface area contributed by atoms with E-state index in [0.29, 0.717) is 22.4 Å². The van der Waals surface area contributed by atoms with E-state index in [2.05, 4.69) is 18.8 Å². The zero-order valence-corrected chi connectivity index (χ0v) is 21.1. The largest absolute Gasteiger partial charge is 0.386 e. The van der Waals surface area contributed by atoms with Crippen LogP contribution in [0.1, 0.15) is 111 Å². The van der Waals surface area contributed by atoms with E-state index < -0.39 is 5.60 Å². The lowest BCUT2D eigenvalue weighted by Crippen LogP contribution is -2.16. The number of aliphatic imine (C=N–C) groups is 1. The van der Waals surface area contributed by atoms with Crippen molar-refractivity contribution in [1.29, 1.82) is 0 Å². The molecule has 0 amide bonds. The van der Waals surface area contributed by atoms with Crippen LogP contribution in [0.3, 0.4) is 0 Å². The fourth-order valence-electron chi connectivity index (χ4n) is 3.10. The van der Waals surface area contributed by atoms with Gasteiger partial charge in [0.2, 0.25) is 0 Å². The standard InChI is InChI=1S/C14H20FNO.C8H14O.C5H10/c1-6-10(3)16-13-9(2)7-11(8-12(13)15)14(4,5)17;1-3-7(9)6-8(2)4-5-8;1-5-3-2-4-5/h7-8,17H,6H2,1-5H3;3-6H2,1-2H3;5H,2-4H2,1H3. The summed E-state index contributed by atoms with van der Waals surface area (Å²) in [6.45, 7) is 15.4. The minimum atomic E-state index is -1.03. The molecule has 0 aromatic heterocycles. The number of hydrogen-bond donors (Lipinski definition) is 1. The first kappa shape index (κ1) is 27.5. The van der Waals surface area contributed by atoms with Gasteiger partial charge in [0.25, 0.3) is 0 Å². The fraction of sp³-hybridized carbons (Fsp3) is 0.704. The number of ketones is 1. The van der Waals surface area contributed by atoms with Crippen LogP contribution in [0.5, 0.6) is 0 Å². The quantitative estimate of drug-likeness (QED) is 0.465. The zero-order valence-electron chi connectivity index (χ0n) is 21.1. The third-order valence-electron chi connectivity index (χ3n) is 6.29. The van der Waals surface area contributed by atoms with Crippen LogP contribution in [0.2, 0.25) is 0 Å². The molecule has 4 heteroatoms. The van der Waals surface area contributed by atoms with Gasteiger partial charge in [0.05, 0.1) is 5.60 Å². The van der Waals surface area contributed by atoms with Crippen molar-refractivity contribution in [3.63, 3.8) is 0 Å². The summed E-state index contributed by atoms with van der Waals surface area (Å²) < 4.78 is 13.9. The number of halogens is 1. The predicted octanol–water partition coefficient (Wildman–Crippen LogP) is 7.83. The van der Waals surface area contributed by atoms with E-state index in [0.717, 1.165) is 36.5 Å². The number of rotatable bonds is 6. The number of aryl methyl sites for hydroxylation is 1. The van der Waals surface area contributed by atoms with Crippen molar-refractivity contribution in [2.75, 3.05) is 0 Å². The third kappa shape index (κ3) is 10.1. The second-order valence-electron chi connectivity index (χ2n) is 10.3. The van der Waals surface area contributed by atoms with Crippen molar-refractivity contribution in [2.24, 2.45) is 16.3 Å². The highest BCUT2D eigenvalue weighted by atomic mass is 19.1. The van der Waals surface area contributed by atoms with Crippen molar-refractivity contribution in [3.05, 3.63) is 29.1 Å². The van der Waals surface area contributed by atoms with Crippen molar-refractivity contribution in [3.8, 4) is 0 Å². The number of carbonyl (C=O) groups excluding carboxylic acids is 1. The van der Waals surface area contributed by atoms with Gasteiger partial charge in [0.15, 0.2) is 0 Å². The lowest BCUT2D eigenvalue weighted by Gasteiger charge is -2.19. The Morgan fingerprint density at radius 1 is 1.23 bits per heavy atom. The molecule has 1 N–H and O–H groups in total. The Labute approximate surface area is 189 Å². The van der Waals surface area contributed by atoms with Gasteiger partial charge in [-0.15, -0.1) is 0 Å². The van der Waals surface area contributed by atoms with Gasteiger partial charge in [0, 0.05) is 18.6 Å². The summed E-state index contributed by atoms with van der Waals surface area (Å²) in [7, 11) is 0. The Morgan fingerprint density at radius 3 is 2.10 bits per heavy atom. The number of carbonyl (C=O) groups is 1. The summed E-state index contributed by atoms with van der Waals surface area (Å²) in [5, 5.41) is 9.85. The maximum Gasteiger partial charge on any atom is 0.149 e. The van der Waals surface area contributed by atoms with Crippen molar-refractivity contribution in [2.45, 2.75) is 112 Å². The van der Waals surface area contributed by atoms with E-state index in [-0.39, 0.29) is 5.82 Å². The first-order valence-electron chi connectivity index (χ1n) is 11.9. The van der Waals surface area contributed by atoms with Crippen LogP contribution < -0.4 is 0 Å². The Balaban J connectivity index is 0.000000281. The molecule has 0 bridgehead atoms. The van der Waals surface area contributed by atoms with Gasteiger partial charge in [-0.25, -0.2) is 4.39 Å². The smallest absolute Gasteiger partial charge is 0.149 e. The van der Waals surface area contributed by atoms with Crippen LogP contribution in [0, 0.1) is 24.1 Å². The second-order valence-corrected chi connectivity index (χ2v) is 10.3. The molecule has 2 aliphatic rings. The molecule has 176 valence electrons. The van der Waals surface area contributed by atoms with E-state index >= 15 is 0 Å². The molecule has 2 fully saturated rings. The van der Waals surface area contributed by atoms with Crippen LogP contribution in [0.4, 0.5) is 10.1 Å². The summed E-state index contributed by atoms with van der Waals surface area (Å²) in [6, 6.07) is 3.14. The third-order valence-corrected chi connectivity index (χ3v) is 6.29. The predicted molar refractivity (Wildman–Crippen MR) is 130 cm³/mol. The average Bonchev–Trinajstić information content (AvgIpc) is 3.39. The normalized spacial score (nSPS) is 17.5. The number of benzene rings is 1. The van der Waals surface area contributed by atoms with Crippen LogP contribution in [-0.4, -0.2) is 16.6 Å². The molecule has 0 spiro atoms. The van der Waals surface area contributed by atoms with Gasteiger partial charge in [-0.3, -0.25) is 9.79 Å². The molecule has 1 aromatic carbocycles. The summed E-state index contributed by atoms with van der Waals surface area (Å²) in [6.07, 6.45) is 9.32. The molecule has 3 rings (SSSR count). The van der Waals surface area contributed by atoms with Gasteiger partial charge < -0.3 is 5.11 Å². The zero-order chi connectivity index (χ0) is 23.8. The molecular weight excluding hydrogens is 389 g/mol. The van der Waals surface area contributed by atoms with Gasteiger partial charge in [0.1, 0.15) is 17.3 Å². The Morgan fingerprint density at radius 2 is 1.77 bits per heavy atom. The van der Waals surface area contributed by atoms with E-state index in [4.69, 9.17) is 0 Å². The molecule has 3 nitrogen and oxygen atoms in total. The van der Waals surface area contributed by atoms with E-state index in [9.17, 15) is 14.3 Å². The molecule has 0 heterocycles. The molecule has 0 radical (unpaired) electrons. The summed E-state index contributed by atoms with van der Waals surface area (Å²) in [4.78, 5) is 15.1. The molecule has 0 atom stereocenters. The SMILES string of the molecule is CC1CCC1.CCC(=O)CC1(C)CC1.CCC(C)=Nc1c(C)cc(C(C)(C)O)cc1F. The van der Waals surface area contributed by atoms with Crippen LogP contribution in [0.15, 0.2) is 17.1 Å². The highest BCUT2D eigenvalue weighted by molar-refractivity contribution is 5.84. The highest BCUT2D eigenvalue weighted by Crippen LogP contribution is 2.48. The van der Waals surface area contributed by atoms with Crippen molar-refractivity contribution >= 4 is 17.2 Å². The summed E-state index contributed by atoms with van der Waals surface area (Å²) in [5.41, 5.74) is 1.97. The lowest BCUT2D eigenvalue weighted by atomic mass is 9.88. The highest BCUT2D eigenvalue weighted by Gasteiger charge is 2.38. The van der Waals surface area contributed by atoms with E-state index in [1.54, 1.807) is 26.8 Å². The number of nitrogens with zero attached hydrogens (tertiary/aromatic N) is 1. The lowest BCUT2D eigenvalue weighted by molar-refractivity contribution is -0.119. The molecule has 0 saturated heterocycles. The topological polar surface area (TPSA) is 49.7 Å². The Kier molecular flexibility index (Phi) is 10.5. The summed E-state index contributed by atoms with van der Waals surface area (Å²) in [5.74, 6) is 1.11.